The molecule has 2 amide bonds. The summed E-state index contributed by atoms with van der Waals surface area (Å²) < 4.78 is 0. The second-order valence-corrected chi connectivity index (χ2v) is 3.95. The van der Waals surface area contributed by atoms with Crippen molar-refractivity contribution in [3.05, 3.63) is 28.1 Å². The van der Waals surface area contributed by atoms with Gasteiger partial charge < -0.3 is 10.2 Å². The first-order valence-corrected chi connectivity index (χ1v) is 5.47. The maximum atomic E-state index is 11.7. The number of carbonyl (C=O) groups excluding carboxylic acids is 2. The molecule has 0 radical (unpaired) electrons. The number of imide groups is 1. The molecule has 1 fully saturated rings. The van der Waals surface area contributed by atoms with Crippen LogP contribution in [-0.4, -0.2) is 28.0 Å². The molecule has 1 aromatic carbocycles. The van der Waals surface area contributed by atoms with Gasteiger partial charge in [0.25, 0.3) is 0 Å². The summed E-state index contributed by atoms with van der Waals surface area (Å²) in [5.41, 5.74) is 7.21. The molecule has 9 nitrogen and oxygen atoms in total. The van der Waals surface area contributed by atoms with Crippen LogP contribution in [0.1, 0.15) is 23.2 Å². The summed E-state index contributed by atoms with van der Waals surface area (Å²) in [4.78, 5) is 37.6. The third-order valence-corrected chi connectivity index (χ3v) is 2.79. The Morgan fingerprint density at radius 1 is 1.30 bits per heavy atom. The van der Waals surface area contributed by atoms with Crippen LogP contribution in [0, 0.1) is 0 Å². The Kier molecular flexibility index (Phi) is 3.28. The number of carbonyl (C=O) groups is 3. The van der Waals surface area contributed by atoms with E-state index in [0.717, 1.165) is 12.1 Å². The van der Waals surface area contributed by atoms with Crippen molar-refractivity contribution in [2.45, 2.75) is 12.8 Å². The molecule has 1 heterocycles. The molecule has 2 rings (SSSR count). The molecule has 20 heavy (non-hydrogen) atoms. The molecule has 0 saturated carbocycles. The van der Waals surface area contributed by atoms with Gasteiger partial charge in [0.1, 0.15) is 11.4 Å². The largest absolute Gasteiger partial charge is 0.505 e. The number of aromatic carboxylic acids is 1. The van der Waals surface area contributed by atoms with E-state index in [1.807, 2.05) is 0 Å². The highest BCUT2D eigenvalue weighted by Crippen LogP contribution is 2.41. The van der Waals surface area contributed by atoms with E-state index >= 15 is 0 Å². The summed E-state index contributed by atoms with van der Waals surface area (Å²) in [6.45, 7) is 0. The predicted molar refractivity (Wildman–Crippen MR) is 65.6 cm³/mol. The molecule has 0 aromatic heterocycles. The van der Waals surface area contributed by atoms with E-state index in [2.05, 4.69) is 10.0 Å². The minimum Gasteiger partial charge on any atom is -0.505 e. The maximum Gasteiger partial charge on any atom is 0.337 e. The molecule has 0 spiro atoms. The van der Waals surface area contributed by atoms with Crippen LogP contribution in [0.3, 0.4) is 0 Å². The zero-order chi connectivity index (χ0) is 14.9. The average molecular weight is 276 g/mol. The lowest BCUT2D eigenvalue weighted by Gasteiger charge is -2.18. The van der Waals surface area contributed by atoms with Crippen molar-refractivity contribution >= 4 is 29.2 Å². The Bertz CT molecular complexity index is 662. The molecule has 1 aliphatic heterocycles. The summed E-state index contributed by atoms with van der Waals surface area (Å²) in [6.07, 6.45) is -0.133. The van der Waals surface area contributed by atoms with Gasteiger partial charge >= 0.3 is 5.97 Å². The Hall–Kier alpha value is -3.06. The topological polar surface area (TPSA) is 144 Å². The minimum absolute atomic E-state index is 0.0664. The molecule has 1 aliphatic rings. The van der Waals surface area contributed by atoms with Gasteiger partial charge in [0.05, 0.1) is 11.3 Å². The highest BCUT2D eigenvalue weighted by atomic mass is 16.4. The van der Waals surface area contributed by atoms with Crippen LogP contribution in [0.2, 0.25) is 0 Å². The van der Waals surface area contributed by atoms with Gasteiger partial charge in [-0.1, -0.05) is 5.11 Å². The first-order chi connectivity index (χ1) is 9.47. The number of azide groups is 1. The van der Waals surface area contributed by atoms with Crippen molar-refractivity contribution in [3.63, 3.8) is 0 Å². The van der Waals surface area contributed by atoms with Crippen LogP contribution in [-0.2, 0) is 9.59 Å². The van der Waals surface area contributed by atoms with E-state index in [4.69, 9.17) is 10.6 Å². The molecule has 1 saturated heterocycles. The lowest BCUT2D eigenvalue weighted by atomic mass is 10.1. The number of anilines is 1. The van der Waals surface area contributed by atoms with Gasteiger partial charge in [-0.25, -0.2) is 9.69 Å². The Labute approximate surface area is 111 Å². The lowest BCUT2D eigenvalue weighted by molar-refractivity contribution is -0.121. The summed E-state index contributed by atoms with van der Waals surface area (Å²) >= 11 is 0. The number of phenolic OH excluding ortho intramolecular Hbond substituents is 1. The van der Waals surface area contributed by atoms with Crippen LogP contribution in [0.4, 0.5) is 11.4 Å². The van der Waals surface area contributed by atoms with Crippen molar-refractivity contribution in [1.82, 2.24) is 0 Å². The summed E-state index contributed by atoms with van der Waals surface area (Å²) in [7, 11) is 0. The predicted octanol–water partition coefficient (Wildman–Crippen LogP) is 1.69. The Morgan fingerprint density at radius 2 is 1.90 bits per heavy atom. The van der Waals surface area contributed by atoms with E-state index in [-0.39, 0.29) is 18.5 Å². The van der Waals surface area contributed by atoms with E-state index in [0.29, 0.717) is 4.90 Å². The number of carboxylic acid groups (broad SMARTS) is 1. The molecular weight excluding hydrogens is 268 g/mol. The third-order valence-electron chi connectivity index (χ3n) is 2.79. The van der Waals surface area contributed by atoms with E-state index in [1.54, 1.807) is 0 Å². The van der Waals surface area contributed by atoms with Crippen LogP contribution >= 0.6 is 0 Å². The zero-order valence-corrected chi connectivity index (χ0v) is 9.98. The van der Waals surface area contributed by atoms with Crippen molar-refractivity contribution in [3.8, 4) is 5.75 Å². The fourth-order valence-corrected chi connectivity index (χ4v) is 1.92. The average Bonchev–Trinajstić information content (AvgIpc) is 2.72. The van der Waals surface area contributed by atoms with Crippen molar-refractivity contribution in [1.29, 1.82) is 0 Å². The Morgan fingerprint density at radius 3 is 2.40 bits per heavy atom. The molecule has 1 aromatic rings. The number of hydrogen-bond acceptors (Lipinski definition) is 5. The van der Waals surface area contributed by atoms with Gasteiger partial charge in [-0.15, -0.1) is 0 Å². The molecule has 2 N–H and O–H groups in total. The first-order valence-electron chi connectivity index (χ1n) is 5.47. The molecule has 0 unspecified atom stereocenters. The normalized spacial score (nSPS) is 14.3. The smallest absolute Gasteiger partial charge is 0.337 e. The zero-order valence-electron chi connectivity index (χ0n) is 9.98. The van der Waals surface area contributed by atoms with Gasteiger partial charge in [-0.3, -0.25) is 9.59 Å². The number of rotatable bonds is 3. The lowest BCUT2D eigenvalue weighted by Crippen LogP contribution is -2.30. The van der Waals surface area contributed by atoms with E-state index in [1.165, 1.54) is 0 Å². The van der Waals surface area contributed by atoms with Crippen molar-refractivity contribution in [2.75, 3.05) is 4.90 Å². The standard InChI is InChI=1S/C11H8N4O5/c12-14-13-6-2-1-5(11(19)20)9(10(6)18)15-7(16)3-4-8(15)17/h1-2,18H,3-4H2,(H,19,20). The second-order valence-electron chi connectivity index (χ2n) is 3.95. The second kappa shape index (κ2) is 4.90. The summed E-state index contributed by atoms with van der Waals surface area (Å²) in [6, 6.07) is 2.15. The molecule has 0 atom stereocenters. The quantitative estimate of drug-likeness (QED) is 0.373. The van der Waals surface area contributed by atoms with Crippen LogP contribution in [0.5, 0.6) is 5.75 Å². The number of hydrogen-bond donors (Lipinski definition) is 2. The number of benzene rings is 1. The molecule has 0 bridgehead atoms. The first kappa shape index (κ1) is 13.4. The maximum absolute atomic E-state index is 11.7. The van der Waals surface area contributed by atoms with Gasteiger partial charge in [0, 0.05) is 17.8 Å². The Balaban J connectivity index is 2.73. The van der Waals surface area contributed by atoms with Crippen LogP contribution < -0.4 is 4.90 Å². The molecular formula is C11H8N4O5. The monoisotopic (exact) mass is 276 g/mol. The van der Waals surface area contributed by atoms with Crippen LogP contribution in [0.15, 0.2) is 17.2 Å². The molecule has 102 valence electrons. The number of carboxylic acids is 1. The highest BCUT2D eigenvalue weighted by Gasteiger charge is 2.35. The number of phenols is 1. The highest BCUT2D eigenvalue weighted by molar-refractivity contribution is 6.23. The van der Waals surface area contributed by atoms with Crippen LogP contribution in [0.25, 0.3) is 10.4 Å². The van der Waals surface area contributed by atoms with Crippen molar-refractivity contribution in [2.24, 2.45) is 5.11 Å². The summed E-state index contributed by atoms with van der Waals surface area (Å²) in [5, 5.41) is 22.2. The fraction of sp³-hybridized carbons (Fsp3) is 0.182. The fourth-order valence-electron chi connectivity index (χ4n) is 1.92. The number of aromatic hydroxyl groups is 1. The van der Waals surface area contributed by atoms with Gasteiger partial charge in [0.2, 0.25) is 11.8 Å². The SMILES string of the molecule is [N-]=[N+]=Nc1ccc(C(=O)O)c(N2C(=O)CCC2=O)c1O. The number of amides is 2. The van der Waals surface area contributed by atoms with Gasteiger partial charge in [0.15, 0.2) is 0 Å². The molecule has 9 heteroatoms. The van der Waals surface area contributed by atoms with E-state index < -0.39 is 34.8 Å². The van der Waals surface area contributed by atoms with Gasteiger partial charge in [-0.05, 0) is 17.7 Å². The molecule has 0 aliphatic carbocycles. The summed E-state index contributed by atoms with van der Waals surface area (Å²) in [5.74, 6) is -3.38. The van der Waals surface area contributed by atoms with E-state index in [9.17, 15) is 19.5 Å². The van der Waals surface area contributed by atoms with Gasteiger partial charge in [-0.2, -0.15) is 0 Å². The van der Waals surface area contributed by atoms with Crippen molar-refractivity contribution < 1.29 is 24.6 Å². The third kappa shape index (κ3) is 2.02. The number of nitrogens with zero attached hydrogens (tertiary/aromatic N) is 4. The minimum atomic E-state index is -1.42.